The van der Waals surface area contributed by atoms with E-state index in [9.17, 15) is 23.1 Å². The second-order valence-electron chi connectivity index (χ2n) is 10.2. The standard InChI is InChI=1S/C30H38N2O9S/c1-38-25-11-13-26(14-12-25)42(36,37)32(15-17-33)16-18-40-28-20-23(21-7-9-22(10-8-21)30(35)39-2)19-27(41-28)29(34)31-24-5-3-4-6-24/h7-14,19,23-24,28,33H,3-6,15-18,20H2,1-2H3,(H,31,34)/t23-,28+/m1/s1. The lowest BCUT2D eigenvalue weighted by atomic mass is 9.92. The summed E-state index contributed by atoms with van der Waals surface area (Å²) in [6, 6.07) is 13.0. The van der Waals surface area contributed by atoms with Crippen molar-refractivity contribution in [2.75, 3.05) is 40.5 Å². The highest BCUT2D eigenvalue weighted by molar-refractivity contribution is 7.89. The fraction of sp³-hybridized carbons (Fsp3) is 0.467. The summed E-state index contributed by atoms with van der Waals surface area (Å²) in [6.45, 7) is -0.563. The first-order valence-corrected chi connectivity index (χ1v) is 15.4. The van der Waals surface area contributed by atoms with E-state index in [1.807, 2.05) is 0 Å². The Morgan fingerprint density at radius 2 is 1.71 bits per heavy atom. The molecule has 0 bridgehead atoms. The molecular weight excluding hydrogens is 564 g/mol. The lowest BCUT2D eigenvalue weighted by molar-refractivity contribution is -0.146. The van der Waals surface area contributed by atoms with Crippen molar-refractivity contribution in [1.82, 2.24) is 9.62 Å². The van der Waals surface area contributed by atoms with E-state index in [1.54, 1.807) is 42.5 Å². The Kier molecular flexibility index (Phi) is 11.0. The summed E-state index contributed by atoms with van der Waals surface area (Å²) in [4.78, 5) is 25.1. The first kappa shape index (κ1) is 31.5. The van der Waals surface area contributed by atoms with Crippen LogP contribution in [0.15, 0.2) is 65.3 Å². The first-order valence-electron chi connectivity index (χ1n) is 14.0. The molecule has 2 N–H and O–H groups in total. The van der Waals surface area contributed by atoms with Crippen molar-refractivity contribution in [1.29, 1.82) is 0 Å². The summed E-state index contributed by atoms with van der Waals surface area (Å²) >= 11 is 0. The molecule has 1 amide bonds. The average molecular weight is 603 g/mol. The number of hydrogen-bond donors (Lipinski definition) is 2. The van der Waals surface area contributed by atoms with Gasteiger partial charge in [0.2, 0.25) is 16.3 Å². The van der Waals surface area contributed by atoms with Gasteiger partial charge in [0.25, 0.3) is 5.91 Å². The van der Waals surface area contributed by atoms with Gasteiger partial charge in [0.15, 0.2) is 5.76 Å². The summed E-state index contributed by atoms with van der Waals surface area (Å²) in [5, 5.41) is 12.6. The lowest BCUT2D eigenvalue weighted by Gasteiger charge is -2.30. The number of ether oxygens (including phenoxy) is 4. The van der Waals surface area contributed by atoms with E-state index < -0.39 is 22.3 Å². The average Bonchev–Trinajstić information content (AvgIpc) is 3.53. The topological polar surface area (TPSA) is 141 Å². The maximum atomic E-state index is 13.2. The van der Waals surface area contributed by atoms with Crippen LogP contribution in [0.25, 0.3) is 0 Å². The highest BCUT2D eigenvalue weighted by Crippen LogP contribution is 2.32. The molecule has 1 heterocycles. The van der Waals surface area contributed by atoms with Gasteiger partial charge in [-0.2, -0.15) is 4.31 Å². The number of hydrogen-bond acceptors (Lipinski definition) is 9. The molecular formula is C30H38N2O9S. The summed E-state index contributed by atoms with van der Waals surface area (Å²) in [6.07, 6.45) is 5.25. The summed E-state index contributed by atoms with van der Waals surface area (Å²) in [5.41, 5.74) is 1.26. The zero-order valence-electron chi connectivity index (χ0n) is 23.9. The number of allylic oxidation sites excluding steroid dienone is 1. The highest BCUT2D eigenvalue weighted by atomic mass is 32.2. The van der Waals surface area contributed by atoms with Gasteiger partial charge >= 0.3 is 5.97 Å². The number of rotatable bonds is 13. The molecule has 2 aliphatic rings. The monoisotopic (exact) mass is 602 g/mol. The number of carbonyl (C=O) groups excluding carboxylic acids is 2. The van der Waals surface area contributed by atoms with Crippen LogP contribution in [-0.2, 0) is 29.0 Å². The number of aliphatic hydroxyl groups is 1. The largest absolute Gasteiger partial charge is 0.497 e. The smallest absolute Gasteiger partial charge is 0.337 e. The quantitative estimate of drug-likeness (QED) is 0.331. The van der Waals surface area contributed by atoms with Crippen LogP contribution in [0.3, 0.4) is 0 Å². The Morgan fingerprint density at radius 3 is 2.33 bits per heavy atom. The Hall–Kier alpha value is -3.45. The van der Waals surface area contributed by atoms with Crippen LogP contribution in [0.5, 0.6) is 5.75 Å². The fourth-order valence-electron chi connectivity index (χ4n) is 5.11. The van der Waals surface area contributed by atoms with Gasteiger partial charge in [-0.1, -0.05) is 25.0 Å². The Morgan fingerprint density at radius 1 is 1.02 bits per heavy atom. The lowest BCUT2D eigenvalue weighted by Crippen LogP contribution is -2.39. The maximum Gasteiger partial charge on any atom is 0.337 e. The molecule has 1 aliphatic heterocycles. The number of esters is 1. The van der Waals surface area contributed by atoms with Crippen molar-refractivity contribution >= 4 is 21.9 Å². The van der Waals surface area contributed by atoms with Crippen molar-refractivity contribution in [2.24, 2.45) is 0 Å². The normalized spacial score (nSPS) is 19.2. The van der Waals surface area contributed by atoms with E-state index >= 15 is 0 Å². The first-order chi connectivity index (χ1) is 20.2. The molecule has 12 heteroatoms. The van der Waals surface area contributed by atoms with E-state index in [-0.39, 0.29) is 54.8 Å². The molecule has 11 nitrogen and oxygen atoms in total. The number of methoxy groups -OCH3 is 2. The second-order valence-corrected chi connectivity index (χ2v) is 12.1. The zero-order valence-corrected chi connectivity index (χ0v) is 24.7. The molecule has 4 rings (SSSR count). The molecule has 2 atom stereocenters. The molecule has 2 aromatic carbocycles. The van der Waals surface area contributed by atoms with Crippen molar-refractivity contribution in [3.05, 3.63) is 71.5 Å². The van der Waals surface area contributed by atoms with Crippen LogP contribution in [-0.4, -0.2) is 82.6 Å². The van der Waals surface area contributed by atoms with Crippen molar-refractivity contribution < 1.29 is 42.1 Å². The molecule has 228 valence electrons. The van der Waals surface area contributed by atoms with E-state index in [0.717, 1.165) is 35.6 Å². The van der Waals surface area contributed by atoms with Crippen molar-refractivity contribution in [3.63, 3.8) is 0 Å². The molecule has 2 aromatic rings. The molecule has 0 radical (unpaired) electrons. The van der Waals surface area contributed by atoms with E-state index in [2.05, 4.69) is 5.32 Å². The van der Waals surface area contributed by atoms with Gasteiger partial charge < -0.3 is 29.4 Å². The predicted octanol–water partition coefficient (Wildman–Crippen LogP) is 2.95. The van der Waals surface area contributed by atoms with Gasteiger partial charge in [0, 0.05) is 31.5 Å². The summed E-state index contributed by atoms with van der Waals surface area (Å²) in [5.74, 6) is -0.361. The minimum atomic E-state index is -3.91. The third-order valence-corrected chi connectivity index (χ3v) is 9.34. The van der Waals surface area contributed by atoms with Crippen LogP contribution in [0.1, 0.15) is 53.9 Å². The number of benzene rings is 2. The molecule has 0 saturated heterocycles. The predicted molar refractivity (Wildman–Crippen MR) is 153 cm³/mol. The van der Waals surface area contributed by atoms with Gasteiger partial charge in [-0.25, -0.2) is 13.2 Å². The van der Waals surface area contributed by atoms with Crippen LogP contribution >= 0.6 is 0 Å². The van der Waals surface area contributed by atoms with E-state index in [4.69, 9.17) is 18.9 Å². The van der Waals surface area contributed by atoms with Gasteiger partial charge in [-0.05, 0) is 60.9 Å². The Bertz CT molecular complexity index is 1340. The third kappa shape index (κ3) is 7.88. The van der Waals surface area contributed by atoms with Gasteiger partial charge in [0.1, 0.15) is 5.75 Å². The fourth-order valence-corrected chi connectivity index (χ4v) is 6.52. The third-order valence-electron chi connectivity index (χ3n) is 7.42. The number of carbonyl (C=O) groups is 2. The van der Waals surface area contributed by atoms with Crippen LogP contribution in [0, 0.1) is 0 Å². The Balaban J connectivity index is 1.46. The summed E-state index contributed by atoms with van der Waals surface area (Å²) < 4.78 is 49.4. The summed E-state index contributed by atoms with van der Waals surface area (Å²) in [7, 11) is -1.10. The minimum Gasteiger partial charge on any atom is -0.497 e. The molecule has 0 spiro atoms. The van der Waals surface area contributed by atoms with Crippen molar-refractivity contribution in [2.45, 2.75) is 55.2 Å². The number of amides is 1. The second kappa shape index (κ2) is 14.6. The molecule has 0 unspecified atom stereocenters. The Labute approximate surface area is 246 Å². The molecule has 1 aliphatic carbocycles. The van der Waals surface area contributed by atoms with E-state index in [0.29, 0.717) is 17.7 Å². The van der Waals surface area contributed by atoms with Crippen LogP contribution < -0.4 is 10.1 Å². The molecule has 0 aromatic heterocycles. The van der Waals surface area contributed by atoms with Crippen molar-refractivity contribution in [3.8, 4) is 5.75 Å². The molecule has 42 heavy (non-hydrogen) atoms. The van der Waals surface area contributed by atoms with Gasteiger partial charge in [0.05, 0.1) is 37.9 Å². The molecule has 1 saturated carbocycles. The van der Waals surface area contributed by atoms with E-state index in [1.165, 1.54) is 26.4 Å². The minimum absolute atomic E-state index is 0.0361. The SMILES string of the molecule is COC(=O)c1ccc([C@@H]2C=C(C(=O)NC3CCCC3)O[C@H](OCCN(CCO)S(=O)(=O)c3ccc(OC)cc3)C2)cc1. The van der Waals surface area contributed by atoms with Gasteiger partial charge in [-0.3, -0.25) is 4.79 Å². The number of nitrogens with zero attached hydrogens (tertiary/aromatic N) is 1. The molecule has 1 fully saturated rings. The maximum absolute atomic E-state index is 13.2. The van der Waals surface area contributed by atoms with Gasteiger partial charge in [-0.15, -0.1) is 0 Å². The number of aliphatic hydroxyl groups excluding tert-OH is 1. The number of sulfonamides is 1. The zero-order chi connectivity index (χ0) is 30.1. The highest BCUT2D eigenvalue weighted by Gasteiger charge is 2.31. The van der Waals surface area contributed by atoms with Crippen LogP contribution in [0.2, 0.25) is 0 Å². The number of nitrogens with one attached hydrogen (secondary N) is 1. The van der Waals surface area contributed by atoms with Crippen LogP contribution in [0.4, 0.5) is 0 Å².